The van der Waals surface area contributed by atoms with Gasteiger partial charge >= 0.3 is 0 Å². The summed E-state index contributed by atoms with van der Waals surface area (Å²) < 4.78 is 20.0. The third-order valence-corrected chi connectivity index (χ3v) is 5.82. The topological polar surface area (TPSA) is 12.5 Å². The highest BCUT2D eigenvalue weighted by molar-refractivity contribution is 5.51. The molecule has 3 heteroatoms. The Labute approximate surface area is 149 Å². The molecule has 0 saturated carbocycles. The van der Waals surface area contributed by atoms with Crippen LogP contribution >= 0.6 is 0 Å². The Morgan fingerprint density at radius 3 is 2.64 bits per heavy atom. The molecule has 0 amide bonds. The molecule has 1 radical (unpaired) electrons. The second kappa shape index (κ2) is 7.17. The Hall–Kier alpha value is -1.87. The lowest BCUT2D eigenvalue weighted by Crippen LogP contribution is -2.51. The predicted molar refractivity (Wildman–Crippen MR) is 98.5 cm³/mol. The number of halogens is 1. The Balaban J connectivity index is 1.40. The van der Waals surface area contributed by atoms with Crippen LogP contribution in [0.15, 0.2) is 36.4 Å². The summed E-state index contributed by atoms with van der Waals surface area (Å²) in [5, 5.41) is 0. The highest BCUT2D eigenvalue weighted by Gasteiger charge is 2.34. The molecule has 2 nitrogen and oxygen atoms in total. The smallest absolute Gasteiger partial charge is 0.128 e. The van der Waals surface area contributed by atoms with E-state index in [1.165, 1.54) is 18.4 Å². The molecule has 0 spiro atoms. The maximum Gasteiger partial charge on any atom is 0.128 e. The van der Waals surface area contributed by atoms with Crippen molar-refractivity contribution in [1.82, 2.24) is 0 Å². The predicted octanol–water partition coefficient (Wildman–Crippen LogP) is 4.39. The van der Waals surface area contributed by atoms with E-state index in [9.17, 15) is 4.39 Å². The van der Waals surface area contributed by atoms with Crippen molar-refractivity contribution in [2.24, 2.45) is 11.8 Å². The minimum Gasteiger partial charge on any atom is -0.381 e. The summed E-state index contributed by atoms with van der Waals surface area (Å²) in [6, 6.07) is 14.7. The Morgan fingerprint density at radius 2 is 1.92 bits per heavy atom. The number of ether oxygens (including phenoxy) is 1. The SMILES string of the molecule is Cc1cc[c]cc1Cc1ccc(N2CC(C3CCOCC3)C2)cc1F. The molecular formula is C22H25FNO. The number of anilines is 1. The zero-order valence-electron chi connectivity index (χ0n) is 14.8. The lowest BCUT2D eigenvalue weighted by Gasteiger charge is -2.46. The normalized spacial score (nSPS) is 19.0. The Morgan fingerprint density at radius 1 is 1.12 bits per heavy atom. The monoisotopic (exact) mass is 338 g/mol. The van der Waals surface area contributed by atoms with Gasteiger partial charge in [0.05, 0.1) is 0 Å². The van der Waals surface area contributed by atoms with Gasteiger partial charge in [-0.3, -0.25) is 0 Å². The van der Waals surface area contributed by atoms with Crippen LogP contribution in [-0.4, -0.2) is 26.3 Å². The first-order valence-corrected chi connectivity index (χ1v) is 9.27. The molecule has 2 aliphatic heterocycles. The second-order valence-corrected chi connectivity index (χ2v) is 7.42. The van der Waals surface area contributed by atoms with Gasteiger partial charge in [0, 0.05) is 38.4 Å². The zero-order valence-corrected chi connectivity index (χ0v) is 14.8. The van der Waals surface area contributed by atoms with E-state index in [1.54, 1.807) is 6.07 Å². The van der Waals surface area contributed by atoms with Crippen LogP contribution in [-0.2, 0) is 11.2 Å². The molecular weight excluding hydrogens is 313 g/mol. The van der Waals surface area contributed by atoms with E-state index in [0.29, 0.717) is 6.42 Å². The van der Waals surface area contributed by atoms with Gasteiger partial charge in [0.1, 0.15) is 5.82 Å². The van der Waals surface area contributed by atoms with Crippen molar-refractivity contribution < 1.29 is 9.13 Å². The number of rotatable bonds is 4. The van der Waals surface area contributed by atoms with E-state index >= 15 is 0 Å². The molecule has 0 N–H and O–H groups in total. The van der Waals surface area contributed by atoms with E-state index in [2.05, 4.69) is 24.0 Å². The van der Waals surface area contributed by atoms with Gasteiger partial charge in [-0.15, -0.1) is 0 Å². The average Bonchev–Trinajstić information content (AvgIpc) is 2.59. The number of hydrogen-bond acceptors (Lipinski definition) is 2. The van der Waals surface area contributed by atoms with Crippen LogP contribution in [0.3, 0.4) is 0 Å². The van der Waals surface area contributed by atoms with Crippen molar-refractivity contribution in [3.8, 4) is 0 Å². The van der Waals surface area contributed by atoms with Gasteiger partial charge in [0.15, 0.2) is 0 Å². The molecule has 2 aromatic carbocycles. The van der Waals surface area contributed by atoms with Crippen LogP contribution in [0.1, 0.15) is 29.5 Å². The average molecular weight is 338 g/mol. The van der Waals surface area contributed by atoms with Gasteiger partial charge < -0.3 is 9.64 Å². The highest BCUT2D eigenvalue weighted by Crippen LogP contribution is 2.34. The first-order chi connectivity index (χ1) is 12.2. The molecule has 2 aromatic rings. The van der Waals surface area contributed by atoms with Crippen molar-refractivity contribution >= 4 is 5.69 Å². The molecule has 2 saturated heterocycles. The van der Waals surface area contributed by atoms with Gasteiger partial charge in [-0.2, -0.15) is 0 Å². The fourth-order valence-corrected chi connectivity index (χ4v) is 4.02. The van der Waals surface area contributed by atoms with E-state index in [-0.39, 0.29) is 5.82 Å². The van der Waals surface area contributed by atoms with Crippen LogP contribution in [0.2, 0.25) is 0 Å². The largest absolute Gasteiger partial charge is 0.381 e. The van der Waals surface area contributed by atoms with Crippen molar-refractivity contribution in [2.75, 3.05) is 31.2 Å². The third-order valence-electron chi connectivity index (χ3n) is 5.82. The first-order valence-electron chi connectivity index (χ1n) is 9.27. The summed E-state index contributed by atoms with van der Waals surface area (Å²) in [5.41, 5.74) is 4.09. The molecule has 0 unspecified atom stereocenters. The molecule has 4 rings (SSSR count). The lowest BCUT2D eigenvalue weighted by atomic mass is 9.80. The lowest BCUT2D eigenvalue weighted by molar-refractivity contribution is 0.0410. The van der Waals surface area contributed by atoms with Crippen molar-refractivity contribution in [2.45, 2.75) is 26.2 Å². The molecule has 2 heterocycles. The van der Waals surface area contributed by atoms with Gasteiger partial charge in [0.2, 0.25) is 0 Å². The minimum atomic E-state index is -0.102. The van der Waals surface area contributed by atoms with Crippen LogP contribution in [0.4, 0.5) is 10.1 Å². The zero-order chi connectivity index (χ0) is 17.2. The number of benzene rings is 2. The van der Waals surface area contributed by atoms with E-state index in [0.717, 1.165) is 55.0 Å². The van der Waals surface area contributed by atoms with Gasteiger partial charge in [0.25, 0.3) is 0 Å². The van der Waals surface area contributed by atoms with Crippen LogP contribution in [0, 0.1) is 30.6 Å². The molecule has 2 aliphatic rings. The summed E-state index contributed by atoms with van der Waals surface area (Å²) in [5.74, 6) is 1.43. The van der Waals surface area contributed by atoms with Crippen molar-refractivity contribution in [3.05, 3.63) is 65.0 Å². The van der Waals surface area contributed by atoms with E-state index in [4.69, 9.17) is 4.74 Å². The van der Waals surface area contributed by atoms with E-state index in [1.807, 2.05) is 24.3 Å². The summed E-state index contributed by atoms with van der Waals surface area (Å²) in [7, 11) is 0. The highest BCUT2D eigenvalue weighted by atomic mass is 19.1. The standard InChI is InChI=1S/C22H25FNO/c1-16-4-2-3-5-18(16)12-19-6-7-21(13-22(19)23)24-14-20(15-24)17-8-10-25-11-9-17/h2,4-7,13,17,20H,8-12,14-15H2,1H3. The Kier molecular flexibility index (Phi) is 4.76. The Bertz CT molecular complexity index is 733. The van der Waals surface area contributed by atoms with Gasteiger partial charge in [-0.1, -0.05) is 24.3 Å². The molecule has 0 atom stereocenters. The second-order valence-electron chi connectivity index (χ2n) is 7.42. The molecule has 0 bridgehead atoms. The summed E-state index contributed by atoms with van der Waals surface area (Å²) in [6.45, 7) is 5.97. The van der Waals surface area contributed by atoms with Gasteiger partial charge in [-0.25, -0.2) is 4.39 Å². The minimum absolute atomic E-state index is 0.102. The molecule has 25 heavy (non-hydrogen) atoms. The number of nitrogens with zero attached hydrogens (tertiary/aromatic N) is 1. The van der Waals surface area contributed by atoms with Crippen LogP contribution in [0.25, 0.3) is 0 Å². The number of hydrogen-bond donors (Lipinski definition) is 0. The summed E-state index contributed by atoms with van der Waals surface area (Å²) in [6.07, 6.45) is 2.98. The fourth-order valence-electron chi connectivity index (χ4n) is 4.02. The molecule has 0 aromatic heterocycles. The quantitative estimate of drug-likeness (QED) is 0.820. The van der Waals surface area contributed by atoms with Crippen LogP contribution in [0.5, 0.6) is 0 Å². The van der Waals surface area contributed by atoms with Crippen LogP contribution < -0.4 is 4.90 Å². The van der Waals surface area contributed by atoms with Gasteiger partial charge in [-0.05, 0) is 66.5 Å². The maximum atomic E-state index is 14.6. The summed E-state index contributed by atoms with van der Waals surface area (Å²) in [4.78, 5) is 2.30. The molecule has 2 fully saturated rings. The van der Waals surface area contributed by atoms with Crippen molar-refractivity contribution in [3.63, 3.8) is 0 Å². The van der Waals surface area contributed by atoms with Crippen molar-refractivity contribution in [1.29, 1.82) is 0 Å². The fraction of sp³-hybridized carbons (Fsp3) is 0.455. The first kappa shape index (κ1) is 16.6. The molecule has 0 aliphatic carbocycles. The molecule has 131 valence electrons. The number of aryl methyl sites for hydroxylation is 1. The summed E-state index contributed by atoms with van der Waals surface area (Å²) >= 11 is 0. The van der Waals surface area contributed by atoms with E-state index < -0.39 is 0 Å². The maximum absolute atomic E-state index is 14.6. The third kappa shape index (κ3) is 3.57.